The average Bonchev–Trinajstić information content (AvgIpc) is 2.07. The molecule has 0 amide bonds. The SMILES string of the molecule is Nc1ccc(OC(F)F)cc1OC(F)(F)F. The Bertz CT molecular complexity index is 366. The van der Waals surface area contributed by atoms with E-state index in [1.165, 1.54) is 0 Å². The van der Waals surface area contributed by atoms with E-state index in [4.69, 9.17) is 5.73 Å². The van der Waals surface area contributed by atoms with Crippen LogP contribution in [0.4, 0.5) is 27.6 Å². The van der Waals surface area contributed by atoms with E-state index in [0.717, 1.165) is 12.1 Å². The van der Waals surface area contributed by atoms with Crippen molar-refractivity contribution in [2.75, 3.05) is 5.73 Å². The molecule has 90 valence electrons. The van der Waals surface area contributed by atoms with Crippen LogP contribution >= 0.6 is 0 Å². The van der Waals surface area contributed by atoms with Crippen LogP contribution in [0.5, 0.6) is 11.5 Å². The summed E-state index contributed by atoms with van der Waals surface area (Å²) in [5.41, 5.74) is 4.83. The van der Waals surface area contributed by atoms with Crippen LogP contribution in [0.3, 0.4) is 0 Å². The molecule has 3 nitrogen and oxygen atoms in total. The fourth-order valence-electron chi connectivity index (χ4n) is 0.904. The molecule has 0 heterocycles. The van der Waals surface area contributed by atoms with Crippen molar-refractivity contribution < 1.29 is 31.4 Å². The second-order valence-corrected chi connectivity index (χ2v) is 2.63. The van der Waals surface area contributed by atoms with E-state index in [9.17, 15) is 22.0 Å². The zero-order valence-corrected chi connectivity index (χ0v) is 7.59. The highest BCUT2D eigenvalue weighted by Gasteiger charge is 2.32. The number of anilines is 1. The van der Waals surface area contributed by atoms with Gasteiger partial charge in [-0.3, -0.25) is 0 Å². The molecule has 16 heavy (non-hydrogen) atoms. The normalized spacial score (nSPS) is 11.6. The first kappa shape index (κ1) is 12.3. The van der Waals surface area contributed by atoms with Crippen LogP contribution in [0.1, 0.15) is 0 Å². The molecule has 0 aliphatic heterocycles. The molecule has 1 aromatic rings. The Morgan fingerprint density at radius 2 is 1.81 bits per heavy atom. The second-order valence-electron chi connectivity index (χ2n) is 2.63. The Morgan fingerprint density at radius 3 is 2.31 bits per heavy atom. The zero-order chi connectivity index (χ0) is 12.3. The molecular formula is C8H6F5NO2. The molecule has 0 aliphatic rings. The number of nitrogens with two attached hydrogens (primary N) is 1. The largest absolute Gasteiger partial charge is 0.573 e. The molecule has 0 bridgehead atoms. The fourth-order valence-corrected chi connectivity index (χ4v) is 0.904. The Kier molecular flexibility index (Phi) is 3.41. The summed E-state index contributed by atoms with van der Waals surface area (Å²) < 4.78 is 66.5. The monoisotopic (exact) mass is 243 g/mol. The number of nitrogen functional groups attached to an aromatic ring is 1. The topological polar surface area (TPSA) is 44.5 Å². The van der Waals surface area contributed by atoms with Gasteiger partial charge in [-0.1, -0.05) is 0 Å². The van der Waals surface area contributed by atoms with E-state index >= 15 is 0 Å². The second kappa shape index (κ2) is 4.42. The summed E-state index contributed by atoms with van der Waals surface area (Å²) in [6.45, 7) is -3.14. The van der Waals surface area contributed by atoms with Crippen LogP contribution in [0.25, 0.3) is 0 Å². The Balaban J connectivity index is 2.90. The van der Waals surface area contributed by atoms with Crippen molar-refractivity contribution in [1.82, 2.24) is 0 Å². The molecule has 0 aromatic heterocycles. The molecule has 0 aliphatic carbocycles. The minimum absolute atomic E-state index is 0.334. The van der Waals surface area contributed by atoms with Crippen LogP contribution in [0.2, 0.25) is 0 Å². The highest BCUT2D eigenvalue weighted by Crippen LogP contribution is 2.32. The van der Waals surface area contributed by atoms with Crippen LogP contribution in [-0.2, 0) is 0 Å². The first-order valence-electron chi connectivity index (χ1n) is 3.88. The summed E-state index contributed by atoms with van der Waals surface area (Å²) in [5.74, 6) is -1.26. The van der Waals surface area contributed by atoms with E-state index in [1.807, 2.05) is 0 Å². The number of halogens is 5. The third-order valence-electron chi connectivity index (χ3n) is 1.44. The lowest BCUT2D eigenvalue weighted by atomic mass is 10.3. The van der Waals surface area contributed by atoms with Gasteiger partial charge in [0.25, 0.3) is 0 Å². The molecule has 0 saturated heterocycles. The molecule has 0 radical (unpaired) electrons. The molecule has 0 saturated carbocycles. The van der Waals surface area contributed by atoms with E-state index in [-0.39, 0.29) is 5.69 Å². The van der Waals surface area contributed by atoms with Gasteiger partial charge in [0.05, 0.1) is 5.69 Å². The number of benzene rings is 1. The number of alkyl halides is 5. The summed E-state index contributed by atoms with van der Waals surface area (Å²) in [4.78, 5) is 0. The van der Waals surface area contributed by atoms with E-state index in [2.05, 4.69) is 9.47 Å². The van der Waals surface area contributed by atoms with Crippen molar-refractivity contribution in [3.05, 3.63) is 18.2 Å². The van der Waals surface area contributed by atoms with Crippen molar-refractivity contribution in [3.63, 3.8) is 0 Å². The lowest BCUT2D eigenvalue weighted by molar-refractivity contribution is -0.274. The van der Waals surface area contributed by atoms with Gasteiger partial charge >= 0.3 is 13.0 Å². The minimum Gasteiger partial charge on any atom is -0.435 e. The third kappa shape index (κ3) is 3.79. The van der Waals surface area contributed by atoms with Gasteiger partial charge in [-0.25, -0.2) is 0 Å². The maximum absolute atomic E-state index is 11.8. The van der Waals surface area contributed by atoms with Crippen molar-refractivity contribution in [2.45, 2.75) is 13.0 Å². The quantitative estimate of drug-likeness (QED) is 0.655. The molecule has 2 N–H and O–H groups in total. The molecule has 0 spiro atoms. The smallest absolute Gasteiger partial charge is 0.435 e. The number of hydrogen-bond acceptors (Lipinski definition) is 3. The first-order valence-corrected chi connectivity index (χ1v) is 3.88. The van der Waals surface area contributed by atoms with Crippen LogP contribution < -0.4 is 15.2 Å². The van der Waals surface area contributed by atoms with Crippen molar-refractivity contribution in [1.29, 1.82) is 0 Å². The zero-order valence-electron chi connectivity index (χ0n) is 7.59. The van der Waals surface area contributed by atoms with E-state index < -0.39 is 24.5 Å². The van der Waals surface area contributed by atoms with Gasteiger partial charge in [-0.15, -0.1) is 13.2 Å². The number of rotatable bonds is 3. The summed E-state index contributed by atoms with van der Waals surface area (Å²) >= 11 is 0. The molecule has 0 atom stereocenters. The Morgan fingerprint density at radius 1 is 1.19 bits per heavy atom. The summed E-state index contributed by atoms with van der Waals surface area (Å²) in [5, 5.41) is 0. The van der Waals surface area contributed by atoms with Gasteiger partial charge in [0, 0.05) is 6.07 Å². The van der Waals surface area contributed by atoms with E-state index in [1.54, 1.807) is 0 Å². The Hall–Kier alpha value is -1.73. The van der Waals surface area contributed by atoms with Crippen LogP contribution in [0.15, 0.2) is 18.2 Å². The van der Waals surface area contributed by atoms with Gasteiger partial charge in [-0.2, -0.15) is 8.78 Å². The fraction of sp³-hybridized carbons (Fsp3) is 0.250. The maximum atomic E-state index is 11.8. The standard InChI is InChI=1S/C8H6F5NO2/c9-7(10)15-4-1-2-5(14)6(3-4)16-8(11,12)13/h1-3,7H,14H2. The number of ether oxygens (including phenoxy) is 2. The summed E-state index contributed by atoms with van der Waals surface area (Å²) in [7, 11) is 0. The third-order valence-corrected chi connectivity index (χ3v) is 1.44. The number of hydrogen-bond donors (Lipinski definition) is 1. The average molecular weight is 243 g/mol. The molecule has 8 heteroatoms. The van der Waals surface area contributed by atoms with Gasteiger partial charge < -0.3 is 15.2 Å². The molecule has 1 aromatic carbocycles. The molecule has 0 unspecified atom stereocenters. The highest BCUT2D eigenvalue weighted by atomic mass is 19.4. The summed E-state index contributed by atoms with van der Waals surface area (Å²) in [6.07, 6.45) is -4.95. The van der Waals surface area contributed by atoms with Gasteiger partial charge in [0.15, 0.2) is 5.75 Å². The van der Waals surface area contributed by atoms with Gasteiger partial charge in [-0.05, 0) is 12.1 Å². The lowest BCUT2D eigenvalue weighted by Crippen LogP contribution is -2.18. The maximum Gasteiger partial charge on any atom is 0.573 e. The molecular weight excluding hydrogens is 237 g/mol. The van der Waals surface area contributed by atoms with Crippen molar-refractivity contribution in [3.8, 4) is 11.5 Å². The van der Waals surface area contributed by atoms with Crippen molar-refractivity contribution >= 4 is 5.69 Å². The van der Waals surface area contributed by atoms with Gasteiger partial charge in [0.2, 0.25) is 0 Å². The predicted octanol–water partition coefficient (Wildman–Crippen LogP) is 2.77. The first-order chi connectivity index (χ1) is 7.28. The Labute approximate surface area is 86.6 Å². The lowest BCUT2D eigenvalue weighted by Gasteiger charge is -2.12. The molecule has 1 rings (SSSR count). The summed E-state index contributed by atoms with van der Waals surface area (Å²) in [6, 6.07) is 2.61. The van der Waals surface area contributed by atoms with Crippen molar-refractivity contribution in [2.24, 2.45) is 0 Å². The highest BCUT2D eigenvalue weighted by molar-refractivity contribution is 5.55. The minimum atomic E-state index is -4.95. The predicted molar refractivity (Wildman–Crippen MR) is 44.2 cm³/mol. The van der Waals surface area contributed by atoms with Gasteiger partial charge in [0.1, 0.15) is 5.75 Å². The van der Waals surface area contributed by atoms with Crippen LogP contribution in [-0.4, -0.2) is 13.0 Å². The molecule has 0 fully saturated rings. The van der Waals surface area contributed by atoms with Crippen LogP contribution in [0, 0.1) is 0 Å². The van der Waals surface area contributed by atoms with E-state index in [0.29, 0.717) is 6.07 Å².